The Bertz CT molecular complexity index is 4160. The maximum Gasteiger partial charge on any atom is 0.0737 e. The summed E-state index contributed by atoms with van der Waals surface area (Å²) >= 11 is 0. The van der Waals surface area contributed by atoms with Gasteiger partial charge >= 0.3 is 0 Å². The first-order valence-corrected chi connectivity index (χ1v) is 23.5. The minimum Gasteiger partial charge on any atom is -0.0619 e. The fourth-order valence-electron chi connectivity index (χ4n) is 12.7. The molecule has 0 heteroatoms. The molecule has 13 aromatic rings. The van der Waals surface area contributed by atoms with E-state index in [9.17, 15) is 0 Å². The molecule has 0 atom stereocenters. The Kier molecular flexibility index (Phi) is 7.52. The summed E-state index contributed by atoms with van der Waals surface area (Å²) < 4.78 is 0. The van der Waals surface area contributed by atoms with Gasteiger partial charge in [0, 0.05) is 0 Å². The molecule has 2 aliphatic rings. The molecule has 0 saturated carbocycles. The molecule has 0 saturated heterocycles. The Morgan fingerprint density at radius 2 is 0.672 bits per heavy atom. The zero-order valence-corrected chi connectivity index (χ0v) is 36.6. The maximum absolute atomic E-state index is 2.52. The standard InChI is InChI=1S/C67H40/c1-2-17-45-39-46(34-31-41(45)15-1)42-29-32-44(33-30-42)62-53-23-7-9-25-55(53)63(56-26-10-8-24-54(56)62)47-36-37-57-59(40-47)49-19-5-6-22-52(49)64-58-38-35-43-16-3-4-18-48(43)65(58)67(66(57)64)60-27-13-11-20-50(60)51-21-12-14-28-61(51)67/h1-40H. The number of hydrogen-bond donors (Lipinski definition) is 0. The quantitative estimate of drug-likeness (QED) is 0.123. The minimum atomic E-state index is -0.507. The van der Waals surface area contributed by atoms with Crippen molar-refractivity contribution < 1.29 is 0 Å². The molecule has 0 amide bonds. The summed E-state index contributed by atoms with van der Waals surface area (Å²) in [6.45, 7) is 0. The van der Waals surface area contributed by atoms with E-state index in [1.807, 2.05) is 0 Å². The highest BCUT2D eigenvalue weighted by Gasteiger charge is 2.53. The van der Waals surface area contributed by atoms with Gasteiger partial charge in [-0.15, -0.1) is 0 Å². The molecule has 13 aromatic carbocycles. The molecule has 0 aliphatic heterocycles. The lowest BCUT2D eigenvalue weighted by molar-refractivity contribution is 0.809. The average molecular weight is 845 g/mol. The molecule has 1 spiro atoms. The van der Waals surface area contributed by atoms with E-state index in [1.54, 1.807) is 0 Å². The van der Waals surface area contributed by atoms with Crippen molar-refractivity contribution >= 4 is 64.6 Å². The first kappa shape index (κ1) is 36.7. The van der Waals surface area contributed by atoms with E-state index in [0.717, 1.165) is 0 Å². The third kappa shape index (κ3) is 4.92. The van der Waals surface area contributed by atoms with Crippen LogP contribution < -0.4 is 0 Å². The van der Waals surface area contributed by atoms with Crippen LogP contribution in [0.2, 0.25) is 0 Å². The van der Waals surface area contributed by atoms with Crippen LogP contribution in [-0.2, 0) is 5.41 Å². The molecule has 0 fully saturated rings. The number of rotatable bonds is 3. The van der Waals surface area contributed by atoms with Gasteiger partial charge in [-0.05, 0) is 155 Å². The summed E-state index contributed by atoms with van der Waals surface area (Å²) in [6.07, 6.45) is 0. The normalized spacial score (nSPS) is 13.2. The van der Waals surface area contributed by atoms with E-state index in [2.05, 4.69) is 243 Å². The van der Waals surface area contributed by atoms with E-state index < -0.39 is 5.41 Å². The zero-order chi connectivity index (χ0) is 43.8. The Labute approximate surface area is 388 Å². The lowest BCUT2D eigenvalue weighted by atomic mass is 9.68. The molecule has 0 unspecified atom stereocenters. The van der Waals surface area contributed by atoms with Crippen LogP contribution in [0.4, 0.5) is 0 Å². The van der Waals surface area contributed by atoms with Crippen molar-refractivity contribution in [3.63, 3.8) is 0 Å². The van der Waals surface area contributed by atoms with E-state index >= 15 is 0 Å². The summed E-state index contributed by atoms with van der Waals surface area (Å²) in [5.74, 6) is 0. The van der Waals surface area contributed by atoms with Crippen molar-refractivity contribution in [2.75, 3.05) is 0 Å². The smallest absolute Gasteiger partial charge is 0.0619 e. The second-order valence-corrected chi connectivity index (χ2v) is 18.6. The molecular weight excluding hydrogens is 805 g/mol. The van der Waals surface area contributed by atoms with E-state index in [1.165, 1.54) is 143 Å². The predicted octanol–water partition coefficient (Wildman–Crippen LogP) is 18.0. The molecule has 15 rings (SSSR count). The van der Waals surface area contributed by atoms with Gasteiger partial charge in [-0.3, -0.25) is 0 Å². The van der Waals surface area contributed by atoms with Crippen LogP contribution in [0.25, 0.3) is 120 Å². The van der Waals surface area contributed by atoms with Crippen molar-refractivity contribution in [2.24, 2.45) is 0 Å². The summed E-state index contributed by atoms with van der Waals surface area (Å²) in [6, 6.07) is 91.5. The van der Waals surface area contributed by atoms with Gasteiger partial charge in [-0.1, -0.05) is 231 Å². The van der Waals surface area contributed by atoms with Gasteiger partial charge in [0.15, 0.2) is 0 Å². The second kappa shape index (κ2) is 13.7. The molecule has 0 aromatic heterocycles. The molecule has 0 radical (unpaired) electrons. The highest BCUT2D eigenvalue weighted by molar-refractivity contribution is 6.25. The first-order valence-electron chi connectivity index (χ1n) is 23.5. The lowest BCUT2D eigenvalue weighted by Crippen LogP contribution is -2.26. The molecular formula is C67H40. The molecule has 2 aliphatic carbocycles. The molecule has 0 bridgehead atoms. The zero-order valence-electron chi connectivity index (χ0n) is 36.6. The number of hydrogen-bond acceptors (Lipinski definition) is 0. The Morgan fingerprint density at radius 1 is 0.209 bits per heavy atom. The second-order valence-electron chi connectivity index (χ2n) is 18.6. The monoisotopic (exact) mass is 844 g/mol. The van der Waals surface area contributed by atoms with E-state index in [-0.39, 0.29) is 0 Å². The Balaban J connectivity index is 0.997. The van der Waals surface area contributed by atoms with Gasteiger partial charge in [-0.2, -0.15) is 0 Å². The molecule has 308 valence electrons. The van der Waals surface area contributed by atoms with Crippen LogP contribution in [-0.4, -0.2) is 0 Å². The maximum atomic E-state index is 2.52. The van der Waals surface area contributed by atoms with Crippen LogP contribution >= 0.6 is 0 Å². The number of benzene rings is 13. The van der Waals surface area contributed by atoms with Gasteiger partial charge in [0.05, 0.1) is 5.41 Å². The lowest BCUT2D eigenvalue weighted by Gasteiger charge is -2.32. The van der Waals surface area contributed by atoms with E-state index in [4.69, 9.17) is 0 Å². The Morgan fingerprint density at radius 3 is 1.33 bits per heavy atom. The third-order valence-electron chi connectivity index (χ3n) is 15.4. The van der Waals surface area contributed by atoms with Gasteiger partial charge in [0.25, 0.3) is 0 Å². The predicted molar refractivity (Wildman–Crippen MR) is 284 cm³/mol. The van der Waals surface area contributed by atoms with Crippen molar-refractivity contribution in [3.8, 4) is 55.6 Å². The van der Waals surface area contributed by atoms with Crippen molar-refractivity contribution in [1.82, 2.24) is 0 Å². The summed E-state index contributed by atoms with van der Waals surface area (Å²) in [7, 11) is 0. The average Bonchev–Trinajstić information content (AvgIpc) is 3.88. The minimum absolute atomic E-state index is 0.507. The molecule has 67 heavy (non-hydrogen) atoms. The van der Waals surface area contributed by atoms with Crippen LogP contribution in [0.1, 0.15) is 22.3 Å². The fourth-order valence-corrected chi connectivity index (χ4v) is 12.7. The van der Waals surface area contributed by atoms with Crippen LogP contribution in [0, 0.1) is 0 Å². The fraction of sp³-hybridized carbons (Fsp3) is 0.0149. The SMILES string of the molecule is c1ccc2c(c1)-c1ccccc1C21c2c(ccc3ccccc23)-c2c1c1ccc(-c3c4ccccc4c(-c4ccc(-c5ccc6ccccc6c5)cc4)c4ccccc34)cc1c1ccccc21. The van der Waals surface area contributed by atoms with Crippen molar-refractivity contribution in [2.45, 2.75) is 5.41 Å². The summed E-state index contributed by atoms with van der Waals surface area (Å²) in [5.41, 5.74) is 17.8. The largest absolute Gasteiger partial charge is 0.0737 e. The van der Waals surface area contributed by atoms with Gasteiger partial charge in [0.1, 0.15) is 0 Å². The van der Waals surface area contributed by atoms with Crippen LogP contribution in [0.3, 0.4) is 0 Å². The first-order chi connectivity index (χ1) is 33.3. The summed E-state index contributed by atoms with van der Waals surface area (Å²) in [5, 5.41) is 15.3. The summed E-state index contributed by atoms with van der Waals surface area (Å²) in [4.78, 5) is 0. The van der Waals surface area contributed by atoms with Crippen LogP contribution in [0.15, 0.2) is 243 Å². The van der Waals surface area contributed by atoms with Gasteiger partial charge in [-0.25, -0.2) is 0 Å². The third-order valence-corrected chi connectivity index (χ3v) is 15.4. The van der Waals surface area contributed by atoms with Gasteiger partial charge in [0.2, 0.25) is 0 Å². The van der Waals surface area contributed by atoms with Crippen molar-refractivity contribution in [3.05, 3.63) is 265 Å². The van der Waals surface area contributed by atoms with Crippen molar-refractivity contribution in [1.29, 1.82) is 0 Å². The molecule has 0 nitrogen and oxygen atoms in total. The molecule has 0 heterocycles. The molecule has 0 N–H and O–H groups in total. The highest BCUT2D eigenvalue weighted by atomic mass is 14.5. The Hall–Kier alpha value is -8.58. The van der Waals surface area contributed by atoms with Gasteiger partial charge < -0.3 is 0 Å². The highest BCUT2D eigenvalue weighted by Crippen LogP contribution is 2.66. The van der Waals surface area contributed by atoms with E-state index in [0.29, 0.717) is 0 Å². The van der Waals surface area contributed by atoms with Crippen LogP contribution in [0.5, 0.6) is 0 Å². The number of fused-ring (bicyclic) bond motifs is 20. The topological polar surface area (TPSA) is 0 Å².